The molecule has 0 heterocycles. The lowest BCUT2D eigenvalue weighted by Crippen LogP contribution is -2.40. The quantitative estimate of drug-likeness (QED) is 0.767. The summed E-state index contributed by atoms with van der Waals surface area (Å²) in [6, 6.07) is 17.1. The zero-order valence-electron chi connectivity index (χ0n) is 13.6. The van der Waals surface area contributed by atoms with Crippen molar-refractivity contribution in [3.05, 3.63) is 60.2 Å². The van der Waals surface area contributed by atoms with Gasteiger partial charge in [0, 0.05) is 12.6 Å². The molecule has 0 bridgehead atoms. The topological polar surface area (TPSA) is 73.6 Å². The summed E-state index contributed by atoms with van der Waals surface area (Å²) in [5.74, 6) is 0.941. The molecular weight excluding hydrogens is 328 g/mol. The van der Waals surface area contributed by atoms with Crippen molar-refractivity contribution in [2.45, 2.75) is 19.6 Å². The number of amides is 1. The van der Waals surface area contributed by atoms with Gasteiger partial charge in [-0.1, -0.05) is 42.5 Å². The van der Waals surface area contributed by atoms with E-state index in [9.17, 15) is 4.79 Å². The first kappa shape index (κ1) is 19.8. The number of rotatable bonds is 8. The van der Waals surface area contributed by atoms with Crippen LogP contribution in [-0.2, 0) is 11.4 Å². The van der Waals surface area contributed by atoms with Gasteiger partial charge in [0.15, 0.2) is 18.1 Å². The molecule has 0 aliphatic heterocycles. The number of carbonyl (C=O) groups excluding carboxylic acids is 1. The molecule has 0 fully saturated rings. The summed E-state index contributed by atoms with van der Waals surface area (Å²) in [6.07, 6.45) is 0. The van der Waals surface area contributed by atoms with Crippen LogP contribution in [-0.4, -0.2) is 25.1 Å². The number of nitrogens with two attached hydrogens (primary N) is 1. The Labute approximate surface area is 148 Å². The van der Waals surface area contributed by atoms with Crippen molar-refractivity contribution in [3.8, 4) is 11.5 Å². The monoisotopic (exact) mass is 350 g/mol. The predicted octanol–water partition coefficient (Wildman–Crippen LogP) is 2.53. The summed E-state index contributed by atoms with van der Waals surface area (Å²) in [6.45, 7) is 2.60. The van der Waals surface area contributed by atoms with E-state index in [0.29, 0.717) is 24.7 Å². The minimum absolute atomic E-state index is 0. The van der Waals surface area contributed by atoms with Crippen LogP contribution in [0.1, 0.15) is 12.5 Å². The highest BCUT2D eigenvalue weighted by Crippen LogP contribution is 2.27. The van der Waals surface area contributed by atoms with Gasteiger partial charge < -0.3 is 20.5 Å². The summed E-state index contributed by atoms with van der Waals surface area (Å²) in [7, 11) is 0. The Bertz CT molecular complexity index is 623. The Morgan fingerprint density at radius 3 is 2.25 bits per heavy atom. The third-order valence-electron chi connectivity index (χ3n) is 3.21. The highest BCUT2D eigenvalue weighted by molar-refractivity contribution is 5.85. The highest BCUT2D eigenvalue weighted by atomic mass is 35.5. The SMILES string of the molecule is C[C@@H](CN)NC(=O)COc1ccccc1OCc1ccccc1.Cl. The molecule has 0 aliphatic carbocycles. The van der Waals surface area contributed by atoms with Crippen LogP contribution in [0, 0.1) is 0 Å². The molecule has 0 saturated carbocycles. The van der Waals surface area contributed by atoms with E-state index >= 15 is 0 Å². The van der Waals surface area contributed by atoms with Crippen molar-refractivity contribution < 1.29 is 14.3 Å². The van der Waals surface area contributed by atoms with Crippen molar-refractivity contribution in [2.75, 3.05) is 13.2 Å². The van der Waals surface area contributed by atoms with Crippen LogP contribution in [0.25, 0.3) is 0 Å². The Kier molecular flexibility index (Phi) is 8.68. The van der Waals surface area contributed by atoms with E-state index in [-0.39, 0.29) is 31.0 Å². The number of para-hydroxylation sites is 2. The lowest BCUT2D eigenvalue weighted by molar-refractivity contribution is -0.123. The largest absolute Gasteiger partial charge is 0.485 e. The van der Waals surface area contributed by atoms with Gasteiger partial charge in [-0.15, -0.1) is 12.4 Å². The average Bonchev–Trinajstić information content (AvgIpc) is 2.59. The molecule has 0 radical (unpaired) electrons. The second kappa shape index (κ2) is 10.5. The van der Waals surface area contributed by atoms with Crippen LogP contribution in [0.2, 0.25) is 0 Å². The molecule has 0 aromatic heterocycles. The van der Waals surface area contributed by atoms with Crippen molar-refractivity contribution in [1.29, 1.82) is 0 Å². The summed E-state index contributed by atoms with van der Waals surface area (Å²) in [5.41, 5.74) is 6.54. The third-order valence-corrected chi connectivity index (χ3v) is 3.21. The summed E-state index contributed by atoms with van der Waals surface area (Å²) in [5, 5.41) is 2.75. The van der Waals surface area contributed by atoms with E-state index in [1.165, 1.54) is 0 Å². The fraction of sp³-hybridized carbons (Fsp3) is 0.278. The van der Waals surface area contributed by atoms with E-state index in [1.54, 1.807) is 6.07 Å². The van der Waals surface area contributed by atoms with Gasteiger partial charge in [-0.05, 0) is 24.6 Å². The van der Waals surface area contributed by atoms with E-state index in [1.807, 2.05) is 55.5 Å². The molecule has 130 valence electrons. The smallest absolute Gasteiger partial charge is 0.258 e. The van der Waals surface area contributed by atoms with Gasteiger partial charge in [0.2, 0.25) is 0 Å². The molecule has 0 aliphatic rings. The maximum absolute atomic E-state index is 11.7. The fourth-order valence-corrected chi connectivity index (χ4v) is 1.94. The van der Waals surface area contributed by atoms with E-state index in [0.717, 1.165) is 5.56 Å². The number of nitrogens with one attached hydrogen (secondary N) is 1. The van der Waals surface area contributed by atoms with E-state index in [4.69, 9.17) is 15.2 Å². The number of halogens is 1. The minimum atomic E-state index is -0.208. The van der Waals surface area contributed by atoms with Gasteiger partial charge in [-0.3, -0.25) is 4.79 Å². The van der Waals surface area contributed by atoms with Gasteiger partial charge >= 0.3 is 0 Å². The third kappa shape index (κ3) is 6.48. The number of hydrogen-bond donors (Lipinski definition) is 2. The van der Waals surface area contributed by atoms with Gasteiger partial charge in [0.1, 0.15) is 6.61 Å². The molecule has 1 atom stereocenters. The Balaban J connectivity index is 0.00000288. The van der Waals surface area contributed by atoms with Crippen molar-refractivity contribution in [2.24, 2.45) is 5.73 Å². The Morgan fingerprint density at radius 1 is 1.04 bits per heavy atom. The van der Waals surface area contributed by atoms with Crippen molar-refractivity contribution >= 4 is 18.3 Å². The molecule has 24 heavy (non-hydrogen) atoms. The summed E-state index contributed by atoms with van der Waals surface area (Å²) >= 11 is 0. The van der Waals surface area contributed by atoms with Crippen molar-refractivity contribution in [1.82, 2.24) is 5.32 Å². The second-order valence-electron chi connectivity index (χ2n) is 5.21. The molecule has 2 aromatic rings. The Hall–Kier alpha value is -2.24. The zero-order chi connectivity index (χ0) is 16.5. The van der Waals surface area contributed by atoms with Gasteiger partial charge in [0.25, 0.3) is 5.91 Å². The molecule has 0 saturated heterocycles. The van der Waals surface area contributed by atoms with Crippen LogP contribution < -0.4 is 20.5 Å². The molecule has 2 rings (SSSR count). The normalized spacial score (nSPS) is 11.1. The second-order valence-corrected chi connectivity index (χ2v) is 5.21. The Morgan fingerprint density at radius 2 is 1.62 bits per heavy atom. The molecule has 3 N–H and O–H groups in total. The van der Waals surface area contributed by atoms with E-state index in [2.05, 4.69) is 5.32 Å². The molecule has 1 amide bonds. The van der Waals surface area contributed by atoms with Gasteiger partial charge in [-0.2, -0.15) is 0 Å². The maximum atomic E-state index is 11.7. The molecule has 6 heteroatoms. The molecule has 5 nitrogen and oxygen atoms in total. The first-order chi connectivity index (χ1) is 11.2. The predicted molar refractivity (Wildman–Crippen MR) is 96.6 cm³/mol. The zero-order valence-corrected chi connectivity index (χ0v) is 14.4. The molecule has 0 unspecified atom stereocenters. The lowest BCUT2D eigenvalue weighted by Gasteiger charge is -2.14. The van der Waals surface area contributed by atoms with Crippen LogP contribution in [0.4, 0.5) is 0 Å². The number of benzene rings is 2. The molecule has 2 aromatic carbocycles. The first-order valence-electron chi connectivity index (χ1n) is 7.57. The number of ether oxygens (including phenoxy) is 2. The molecule has 0 spiro atoms. The van der Waals surface area contributed by atoms with Crippen LogP contribution in [0.15, 0.2) is 54.6 Å². The van der Waals surface area contributed by atoms with Gasteiger partial charge in [-0.25, -0.2) is 0 Å². The minimum Gasteiger partial charge on any atom is -0.485 e. The summed E-state index contributed by atoms with van der Waals surface area (Å²) in [4.78, 5) is 11.7. The van der Waals surface area contributed by atoms with Gasteiger partial charge in [0.05, 0.1) is 0 Å². The van der Waals surface area contributed by atoms with Crippen LogP contribution >= 0.6 is 12.4 Å². The standard InChI is InChI=1S/C18H22N2O3.ClH/c1-14(11-19)20-18(21)13-23-17-10-6-5-9-16(17)22-12-15-7-3-2-4-8-15;/h2-10,14H,11-13,19H2,1H3,(H,20,21);1H/t14-;/m0./s1. The molecular formula is C18H23ClN2O3. The van der Waals surface area contributed by atoms with Crippen LogP contribution in [0.3, 0.4) is 0 Å². The average molecular weight is 351 g/mol. The summed E-state index contributed by atoms with van der Waals surface area (Å²) < 4.78 is 11.3. The number of hydrogen-bond acceptors (Lipinski definition) is 4. The first-order valence-corrected chi connectivity index (χ1v) is 7.57. The maximum Gasteiger partial charge on any atom is 0.258 e. The van der Waals surface area contributed by atoms with Crippen molar-refractivity contribution in [3.63, 3.8) is 0 Å². The highest BCUT2D eigenvalue weighted by Gasteiger charge is 2.09. The van der Waals surface area contributed by atoms with E-state index < -0.39 is 0 Å². The fourth-order valence-electron chi connectivity index (χ4n) is 1.94. The lowest BCUT2D eigenvalue weighted by atomic mass is 10.2. The van der Waals surface area contributed by atoms with Crippen LogP contribution in [0.5, 0.6) is 11.5 Å². The number of carbonyl (C=O) groups is 1.